The molecule has 0 bridgehead atoms. The van der Waals surface area contributed by atoms with Crippen LogP contribution in [0.15, 0.2) is 65.8 Å². The van der Waals surface area contributed by atoms with Gasteiger partial charge in [0, 0.05) is 17.3 Å². The second-order valence-corrected chi connectivity index (χ2v) is 7.11. The van der Waals surface area contributed by atoms with Crippen LogP contribution in [0.3, 0.4) is 0 Å². The van der Waals surface area contributed by atoms with Crippen LogP contribution in [0.2, 0.25) is 0 Å². The molecule has 5 N–H and O–H groups in total. The third kappa shape index (κ3) is 4.86. The molecule has 0 aliphatic heterocycles. The molecule has 8 heteroatoms. The Morgan fingerprint density at radius 1 is 0.964 bits per heavy atom. The Morgan fingerprint density at radius 3 is 2.29 bits per heavy atom. The number of ketones is 1. The van der Waals surface area contributed by atoms with Crippen molar-refractivity contribution in [2.45, 2.75) is 17.3 Å². The van der Waals surface area contributed by atoms with Crippen molar-refractivity contribution in [3.05, 3.63) is 71.8 Å². The molecular formula is C20H19N5O2S. The zero-order valence-corrected chi connectivity index (χ0v) is 15.9. The molecule has 7 nitrogen and oxygen atoms in total. The van der Waals surface area contributed by atoms with Crippen molar-refractivity contribution in [3.63, 3.8) is 0 Å². The predicted molar refractivity (Wildman–Crippen MR) is 111 cm³/mol. The first-order valence-electron chi connectivity index (χ1n) is 8.46. The number of nitrogen functional groups attached to an aromatic ring is 2. The Labute approximate surface area is 166 Å². The van der Waals surface area contributed by atoms with Crippen LogP contribution in [0.5, 0.6) is 0 Å². The second kappa shape index (κ2) is 8.53. The normalized spacial score (nSPS) is 11.6. The van der Waals surface area contributed by atoms with Gasteiger partial charge in [0.2, 0.25) is 5.91 Å². The first-order chi connectivity index (χ1) is 13.4. The molecule has 1 atom stereocenters. The second-order valence-electron chi connectivity index (χ2n) is 6.04. The van der Waals surface area contributed by atoms with Crippen LogP contribution in [0.25, 0.3) is 0 Å². The number of hydrogen-bond donors (Lipinski definition) is 3. The third-order valence-corrected chi connectivity index (χ3v) is 4.96. The molecular weight excluding hydrogens is 374 g/mol. The van der Waals surface area contributed by atoms with E-state index in [4.69, 9.17) is 11.5 Å². The highest BCUT2D eigenvalue weighted by molar-refractivity contribution is 8.00. The van der Waals surface area contributed by atoms with Gasteiger partial charge in [0.25, 0.3) is 0 Å². The summed E-state index contributed by atoms with van der Waals surface area (Å²) in [5.41, 5.74) is 13.3. The number of aromatic nitrogens is 2. The van der Waals surface area contributed by atoms with E-state index in [2.05, 4.69) is 15.3 Å². The molecule has 3 rings (SSSR count). The molecule has 1 amide bonds. The first-order valence-corrected chi connectivity index (χ1v) is 9.34. The monoisotopic (exact) mass is 393 g/mol. The minimum atomic E-state index is -0.636. The summed E-state index contributed by atoms with van der Waals surface area (Å²) in [6.07, 6.45) is 0. The van der Waals surface area contributed by atoms with E-state index in [1.165, 1.54) is 13.0 Å². The Morgan fingerprint density at radius 2 is 1.64 bits per heavy atom. The van der Waals surface area contributed by atoms with Gasteiger partial charge in [0.1, 0.15) is 16.9 Å². The van der Waals surface area contributed by atoms with E-state index in [-0.39, 0.29) is 23.3 Å². The van der Waals surface area contributed by atoms with Crippen molar-refractivity contribution in [1.29, 1.82) is 0 Å². The molecule has 0 saturated heterocycles. The summed E-state index contributed by atoms with van der Waals surface area (Å²) in [4.78, 5) is 32.9. The number of Topliss-reactive ketones (excluding diaryl/α,β-unsaturated/α-hetero) is 1. The van der Waals surface area contributed by atoms with Crippen molar-refractivity contribution >= 4 is 40.8 Å². The number of hydrogen-bond acceptors (Lipinski definition) is 7. The molecule has 2 aromatic carbocycles. The predicted octanol–water partition coefficient (Wildman–Crippen LogP) is 3.32. The molecule has 1 aromatic heterocycles. The summed E-state index contributed by atoms with van der Waals surface area (Å²) in [7, 11) is 0. The zero-order chi connectivity index (χ0) is 20.1. The van der Waals surface area contributed by atoms with E-state index in [0.717, 1.165) is 17.3 Å². The molecule has 0 spiro atoms. The maximum absolute atomic E-state index is 13.0. The zero-order valence-electron chi connectivity index (χ0n) is 15.1. The average molecular weight is 393 g/mol. The number of carbonyl (C=O) groups is 2. The number of nitrogens with two attached hydrogens (primary N) is 2. The van der Waals surface area contributed by atoms with Crippen LogP contribution in [0.4, 0.5) is 17.3 Å². The van der Waals surface area contributed by atoms with Crippen LogP contribution in [0, 0.1) is 0 Å². The Hall–Kier alpha value is -3.39. The van der Waals surface area contributed by atoms with Gasteiger partial charge in [-0.3, -0.25) is 9.59 Å². The molecule has 0 aliphatic rings. The fourth-order valence-corrected chi connectivity index (χ4v) is 3.53. The summed E-state index contributed by atoms with van der Waals surface area (Å²) in [5.74, 6) is 0.114. The molecule has 0 radical (unpaired) electrons. The first kappa shape index (κ1) is 19.4. The van der Waals surface area contributed by atoms with Crippen molar-refractivity contribution in [1.82, 2.24) is 9.97 Å². The highest BCUT2D eigenvalue weighted by atomic mass is 32.2. The van der Waals surface area contributed by atoms with E-state index in [9.17, 15) is 9.59 Å². The number of nitrogens with one attached hydrogen (secondary N) is 1. The van der Waals surface area contributed by atoms with Crippen molar-refractivity contribution < 1.29 is 9.59 Å². The van der Waals surface area contributed by atoms with Crippen molar-refractivity contribution in [3.8, 4) is 0 Å². The van der Waals surface area contributed by atoms with E-state index < -0.39 is 5.25 Å². The maximum atomic E-state index is 13.0. The summed E-state index contributed by atoms with van der Waals surface area (Å²) in [6, 6.07) is 17.5. The molecule has 0 aliphatic carbocycles. The number of amides is 1. The standard InChI is InChI=1S/C20H19N5O2S/c1-12(26)14-8-5-9-15(10-14)23-19(27)18(13-6-3-2-4-7-13)28-20-24-16(21)11-17(22)25-20/h2-11,18H,1H3,(H,23,27)(H4,21,22,24,25)/t18-/m0/s1. The SMILES string of the molecule is CC(=O)c1cccc(NC(=O)[C@@H](Sc2nc(N)cc(N)n2)c2ccccc2)c1. The fraction of sp³-hybridized carbons (Fsp3) is 0.100. The maximum Gasteiger partial charge on any atom is 0.242 e. The van der Waals surface area contributed by atoms with Gasteiger partial charge in [-0.25, -0.2) is 9.97 Å². The van der Waals surface area contributed by atoms with Crippen LogP contribution in [-0.2, 0) is 4.79 Å². The van der Waals surface area contributed by atoms with Gasteiger partial charge < -0.3 is 16.8 Å². The van der Waals surface area contributed by atoms with E-state index >= 15 is 0 Å². The average Bonchev–Trinajstić information content (AvgIpc) is 2.66. The van der Waals surface area contributed by atoms with Crippen LogP contribution >= 0.6 is 11.8 Å². The molecule has 0 unspecified atom stereocenters. The van der Waals surface area contributed by atoms with Gasteiger partial charge in [0.05, 0.1) is 0 Å². The molecule has 1 heterocycles. The molecule has 142 valence electrons. The topological polar surface area (TPSA) is 124 Å². The number of thioether (sulfide) groups is 1. The lowest BCUT2D eigenvalue weighted by Crippen LogP contribution is -2.19. The van der Waals surface area contributed by atoms with Gasteiger partial charge in [-0.15, -0.1) is 0 Å². The van der Waals surface area contributed by atoms with Gasteiger partial charge >= 0.3 is 0 Å². The van der Waals surface area contributed by atoms with Gasteiger partial charge in [-0.2, -0.15) is 0 Å². The van der Waals surface area contributed by atoms with E-state index in [1.807, 2.05) is 30.3 Å². The highest BCUT2D eigenvalue weighted by Crippen LogP contribution is 2.35. The Balaban J connectivity index is 1.89. The number of carbonyl (C=O) groups excluding carboxylic acids is 2. The Bertz CT molecular complexity index is 990. The quantitative estimate of drug-likeness (QED) is 0.333. The largest absolute Gasteiger partial charge is 0.383 e. The smallest absolute Gasteiger partial charge is 0.242 e. The van der Waals surface area contributed by atoms with Crippen LogP contribution < -0.4 is 16.8 Å². The van der Waals surface area contributed by atoms with Crippen molar-refractivity contribution in [2.24, 2.45) is 0 Å². The lowest BCUT2D eigenvalue weighted by atomic mass is 10.1. The van der Waals surface area contributed by atoms with Crippen LogP contribution in [0.1, 0.15) is 28.1 Å². The molecule has 28 heavy (non-hydrogen) atoms. The minimum Gasteiger partial charge on any atom is -0.383 e. The van der Waals surface area contributed by atoms with Gasteiger partial charge in [-0.1, -0.05) is 54.2 Å². The molecule has 0 saturated carbocycles. The van der Waals surface area contributed by atoms with E-state index in [0.29, 0.717) is 16.4 Å². The van der Waals surface area contributed by atoms with Gasteiger partial charge in [0.15, 0.2) is 10.9 Å². The van der Waals surface area contributed by atoms with Crippen LogP contribution in [-0.4, -0.2) is 21.7 Å². The summed E-state index contributed by atoms with van der Waals surface area (Å²) in [5, 5.41) is 2.52. The fourth-order valence-electron chi connectivity index (χ4n) is 2.54. The minimum absolute atomic E-state index is 0.0753. The highest BCUT2D eigenvalue weighted by Gasteiger charge is 2.24. The number of anilines is 3. The summed E-state index contributed by atoms with van der Waals surface area (Å²) in [6.45, 7) is 1.48. The van der Waals surface area contributed by atoms with Crippen molar-refractivity contribution in [2.75, 3.05) is 16.8 Å². The summed E-state index contributed by atoms with van der Waals surface area (Å²) >= 11 is 1.15. The third-order valence-electron chi connectivity index (χ3n) is 3.85. The molecule has 3 aromatic rings. The van der Waals surface area contributed by atoms with Gasteiger partial charge in [-0.05, 0) is 24.6 Å². The number of nitrogens with zero attached hydrogens (tertiary/aromatic N) is 2. The Kier molecular flexibility index (Phi) is 5.90. The van der Waals surface area contributed by atoms with E-state index in [1.54, 1.807) is 24.3 Å². The molecule has 0 fully saturated rings. The number of rotatable bonds is 6. The lowest BCUT2D eigenvalue weighted by Gasteiger charge is -2.17. The summed E-state index contributed by atoms with van der Waals surface area (Å²) < 4.78 is 0. The lowest BCUT2D eigenvalue weighted by molar-refractivity contribution is -0.115. The number of benzene rings is 2.